The van der Waals surface area contributed by atoms with E-state index in [1.807, 2.05) is 0 Å². The van der Waals surface area contributed by atoms with Crippen LogP contribution in [0.3, 0.4) is 0 Å². The highest BCUT2D eigenvalue weighted by Gasteiger charge is 2.30. The lowest BCUT2D eigenvalue weighted by Gasteiger charge is -2.41. The van der Waals surface area contributed by atoms with Crippen molar-refractivity contribution in [1.82, 2.24) is 20.0 Å². The standard InChI is InChI=1S/C17H24N4O2/c22-16-5-4-12(7-18-16)8-20-9-13(10-20)11-21-17(23)6-14-2-1-3-15(14)19-21/h6,12-13H,1-5,7-11H2,(H,18,22). The van der Waals surface area contributed by atoms with E-state index in [-0.39, 0.29) is 11.5 Å². The Balaban J connectivity index is 1.28. The van der Waals surface area contributed by atoms with Gasteiger partial charge in [0.25, 0.3) is 5.56 Å². The molecule has 1 aliphatic carbocycles. The molecule has 3 aliphatic rings. The van der Waals surface area contributed by atoms with Crippen LogP contribution in [-0.4, -0.2) is 46.8 Å². The zero-order chi connectivity index (χ0) is 15.8. The maximum absolute atomic E-state index is 12.1. The molecule has 0 aromatic carbocycles. The molecule has 124 valence electrons. The van der Waals surface area contributed by atoms with Crippen LogP contribution in [0.15, 0.2) is 10.9 Å². The molecule has 1 unspecified atom stereocenters. The summed E-state index contributed by atoms with van der Waals surface area (Å²) in [6.45, 7) is 4.68. The van der Waals surface area contributed by atoms with E-state index in [1.54, 1.807) is 10.7 Å². The molecule has 2 saturated heterocycles. The third-order valence-electron chi connectivity index (χ3n) is 5.37. The number of aryl methyl sites for hydroxylation is 2. The van der Waals surface area contributed by atoms with Crippen LogP contribution in [0.4, 0.5) is 0 Å². The van der Waals surface area contributed by atoms with Gasteiger partial charge in [0, 0.05) is 44.6 Å². The molecule has 0 saturated carbocycles. The fourth-order valence-electron chi connectivity index (χ4n) is 4.06. The first kappa shape index (κ1) is 14.9. The van der Waals surface area contributed by atoms with Crippen molar-refractivity contribution in [3.8, 4) is 0 Å². The van der Waals surface area contributed by atoms with Crippen molar-refractivity contribution in [3.05, 3.63) is 27.7 Å². The van der Waals surface area contributed by atoms with E-state index < -0.39 is 0 Å². The van der Waals surface area contributed by atoms with Gasteiger partial charge in [-0.05, 0) is 37.2 Å². The highest BCUT2D eigenvalue weighted by Crippen LogP contribution is 2.22. The number of amides is 1. The van der Waals surface area contributed by atoms with E-state index in [0.717, 1.165) is 69.7 Å². The van der Waals surface area contributed by atoms with Crippen molar-refractivity contribution in [3.63, 3.8) is 0 Å². The summed E-state index contributed by atoms with van der Waals surface area (Å²) in [6.07, 6.45) is 4.81. The molecule has 2 aliphatic heterocycles. The highest BCUT2D eigenvalue weighted by molar-refractivity contribution is 5.76. The number of carbonyl (C=O) groups is 1. The van der Waals surface area contributed by atoms with Crippen LogP contribution in [0.1, 0.15) is 30.5 Å². The second-order valence-electron chi connectivity index (χ2n) is 7.28. The summed E-state index contributed by atoms with van der Waals surface area (Å²) in [6, 6.07) is 1.79. The predicted molar refractivity (Wildman–Crippen MR) is 86.2 cm³/mol. The zero-order valence-electron chi connectivity index (χ0n) is 13.5. The van der Waals surface area contributed by atoms with Crippen molar-refractivity contribution < 1.29 is 4.79 Å². The van der Waals surface area contributed by atoms with Crippen LogP contribution >= 0.6 is 0 Å². The van der Waals surface area contributed by atoms with Gasteiger partial charge in [0.1, 0.15) is 0 Å². The third kappa shape index (κ3) is 3.17. The minimum absolute atomic E-state index is 0.0547. The van der Waals surface area contributed by atoms with Gasteiger partial charge in [0.2, 0.25) is 5.91 Å². The van der Waals surface area contributed by atoms with Gasteiger partial charge in [-0.2, -0.15) is 5.10 Å². The monoisotopic (exact) mass is 316 g/mol. The number of hydrogen-bond donors (Lipinski definition) is 1. The number of nitrogens with one attached hydrogen (secondary N) is 1. The molecular weight excluding hydrogens is 292 g/mol. The number of aromatic nitrogens is 2. The molecule has 1 aromatic rings. The molecule has 23 heavy (non-hydrogen) atoms. The number of nitrogens with zero attached hydrogens (tertiary/aromatic N) is 3. The zero-order valence-corrected chi connectivity index (χ0v) is 13.5. The average Bonchev–Trinajstić information content (AvgIpc) is 2.94. The Hall–Kier alpha value is -1.69. The van der Waals surface area contributed by atoms with Gasteiger partial charge in [0.15, 0.2) is 0 Å². The number of fused-ring (bicyclic) bond motifs is 1. The molecule has 2 fully saturated rings. The van der Waals surface area contributed by atoms with Crippen LogP contribution in [0.2, 0.25) is 0 Å². The predicted octanol–water partition coefficient (Wildman–Crippen LogP) is 0.190. The van der Waals surface area contributed by atoms with Gasteiger partial charge < -0.3 is 10.2 Å². The van der Waals surface area contributed by atoms with Gasteiger partial charge in [-0.25, -0.2) is 4.68 Å². The number of rotatable bonds is 4. The van der Waals surface area contributed by atoms with Gasteiger partial charge in [-0.15, -0.1) is 0 Å². The van der Waals surface area contributed by atoms with Crippen molar-refractivity contribution >= 4 is 5.91 Å². The Kier molecular flexibility index (Phi) is 3.93. The molecule has 0 bridgehead atoms. The van der Waals surface area contributed by atoms with Gasteiger partial charge in [-0.3, -0.25) is 9.59 Å². The molecule has 1 N–H and O–H groups in total. The first-order valence-electron chi connectivity index (χ1n) is 8.76. The van der Waals surface area contributed by atoms with Crippen LogP contribution in [0, 0.1) is 11.8 Å². The molecule has 6 heteroatoms. The van der Waals surface area contributed by atoms with Crippen LogP contribution in [0.25, 0.3) is 0 Å². The van der Waals surface area contributed by atoms with E-state index >= 15 is 0 Å². The first-order valence-corrected chi connectivity index (χ1v) is 8.76. The lowest BCUT2D eigenvalue weighted by Crippen LogP contribution is -2.52. The molecule has 1 aromatic heterocycles. The quantitative estimate of drug-likeness (QED) is 0.861. The Morgan fingerprint density at radius 2 is 2.00 bits per heavy atom. The van der Waals surface area contributed by atoms with E-state index in [0.29, 0.717) is 18.3 Å². The summed E-state index contributed by atoms with van der Waals surface area (Å²) in [7, 11) is 0. The van der Waals surface area contributed by atoms with Crippen molar-refractivity contribution in [1.29, 1.82) is 0 Å². The summed E-state index contributed by atoms with van der Waals surface area (Å²) in [5, 5.41) is 7.51. The summed E-state index contributed by atoms with van der Waals surface area (Å²) in [5.74, 6) is 1.29. The minimum Gasteiger partial charge on any atom is -0.356 e. The van der Waals surface area contributed by atoms with Gasteiger partial charge in [0.05, 0.1) is 12.2 Å². The second-order valence-corrected chi connectivity index (χ2v) is 7.28. The Labute approximate surface area is 135 Å². The number of carbonyl (C=O) groups excluding carboxylic acids is 1. The lowest BCUT2D eigenvalue weighted by atomic mass is 9.94. The topological polar surface area (TPSA) is 67.2 Å². The number of likely N-dealkylation sites (tertiary alicyclic amines) is 1. The Bertz CT molecular complexity index is 653. The molecule has 3 heterocycles. The third-order valence-corrected chi connectivity index (χ3v) is 5.37. The van der Waals surface area contributed by atoms with Gasteiger partial charge >= 0.3 is 0 Å². The van der Waals surface area contributed by atoms with Crippen LogP contribution in [-0.2, 0) is 24.2 Å². The maximum Gasteiger partial charge on any atom is 0.267 e. The van der Waals surface area contributed by atoms with Crippen molar-refractivity contribution in [2.45, 2.75) is 38.6 Å². The SMILES string of the molecule is O=C1CCC(CN2CC(Cn3nc4c(cc3=O)CCC4)C2)CN1. The van der Waals surface area contributed by atoms with Crippen LogP contribution < -0.4 is 10.9 Å². The smallest absolute Gasteiger partial charge is 0.267 e. The molecule has 0 spiro atoms. The summed E-state index contributed by atoms with van der Waals surface area (Å²) in [5.41, 5.74) is 2.33. The number of hydrogen-bond acceptors (Lipinski definition) is 4. The molecule has 6 nitrogen and oxygen atoms in total. The second kappa shape index (κ2) is 6.07. The van der Waals surface area contributed by atoms with E-state index in [2.05, 4.69) is 15.3 Å². The molecule has 0 radical (unpaired) electrons. The van der Waals surface area contributed by atoms with E-state index in [4.69, 9.17) is 0 Å². The summed E-state index contributed by atoms with van der Waals surface area (Å²) < 4.78 is 1.67. The lowest BCUT2D eigenvalue weighted by molar-refractivity contribution is -0.123. The maximum atomic E-state index is 12.1. The molecular formula is C17H24N4O2. The fourth-order valence-corrected chi connectivity index (χ4v) is 4.06. The Morgan fingerprint density at radius 3 is 2.78 bits per heavy atom. The van der Waals surface area contributed by atoms with Crippen molar-refractivity contribution in [2.75, 3.05) is 26.2 Å². The van der Waals surface area contributed by atoms with E-state index in [1.165, 1.54) is 0 Å². The van der Waals surface area contributed by atoms with Crippen LogP contribution in [0.5, 0.6) is 0 Å². The largest absolute Gasteiger partial charge is 0.356 e. The number of piperidine rings is 1. The summed E-state index contributed by atoms with van der Waals surface area (Å²) >= 11 is 0. The normalized spacial score (nSPS) is 25.0. The Morgan fingerprint density at radius 1 is 1.13 bits per heavy atom. The summed E-state index contributed by atoms with van der Waals surface area (Å²) in [4.78, 5) is 25.7. The van der Waals surface area contributed by atoms with Gasteiger partial charge in [-0.1, -0.05) is 0 Å². The highest BCUT2D eigenvalue weighted by atomic mass is 16.1. The van der Waals surface area contributed by atoms with Crippen molar-refractivity contribution in [2.24, 2.45) is 11.8 Å². The average molecular weight is 316 g/mol. The van der Waals surface area contributed by atoms with E-state index in [9.17, 15) is 9.59 Å². The minimum atomic E-state index is 0.0547. The molecule has 1 amide bonds. The fraction of sp³-hybridized carbons (Fsp3) is 0.706. The molecule has 4 rings (SSSR count). The molecule has 1 atom stereocenters. The first-order chi connectivity index (χ1) is 11.2.